The van der Waals surface area contributed by atoms with Crippen LogP contribution in [0, 0.1) is 11.7 Å². The Bertz CT molecular complexity index is 1160. The molecule has 0 unspecified atom stereocenters. The number of thioether (sulfide) groups is 1. The molecule has 0 saturated carbocycles. The second-order valence-corrected chi connectivity index (χ2v) is 8.41. The first-order valence-electron chi connectivity index (χ1n) is 9.41. The van der Waals surface area contributed by atoms with E-state index in [-0.39, 0.29) is 5.82 Å². The molecule has 0 aliphatic carbocycles. The first kappa shape index (κ1) is 20.6. The Labute approximate surface area is 182 Å². The van der Waals surface area contributed by atoms with Crippen molar-refractivity contribution in [2.75, 3.05) is 0 Å². The average Bonchev–Trinajstić information content (AvgIpc) is 3.34. The fourth-order valence-corrected chi connectivity index (χ4v) is 3.95. The number of benzene rings is 2. The third-order valence-electron chi connectivity index (χ3n) is 4.28. The van der Waals surface area contributed by atoms with E-state index in [2.05, 4.69) is 34.2 Å². The normalized spacial score (nSPS) is 11.4. The molecule has 154 valence electrons. The first-order valence-corrected chi connectivity index (χ1v) is 10.8. The SMILES string of the molecule is CC(C)Cn1c(SCc2nnc(-c3ccccc3Cl)o2)nnc1-c1ccccc1F. The molecule has 0 radical (unpaired) electrons. The molecule has 0 saturated heterocycles. The number of hydrogen-bond donors (Lipinski definition) is 0. The zero-order valence-corrected chi connectivity index (χ0v) is 18.0. The summed E-state index contributed by atoms with van der Waals surface area (Å²) >= 11 is 7.61. The second kappa shape index (κ2) is 8.97. The zero-order chi connectivity index (χ0) is 21.1. The Hall–Kier alpha value is -2.71. The van der Waals surface area contributed by atoms with Crippen LogP contribution in [0.1, 0.15) is 19.7 Å². The van der Waals surface area contributed by atoms with Crippen LogP contribution in [0.15, 0.2) is 58.1 Å². The summed E-state index contributed by atoms with van der Waals surface area (Å²) in [5, 5.41) is 17.9. The second-order valence-electron chi connectivity index (χ2n) is 7.06. The van der Waals surface area contributed by atoms with E-state index in [1.165, 1.54) is 17.8 Å². The molecule has 2 aromatic heterocycles. The van der Waals surface area contributed by atoms with Gasteiger partial charge in [-0.15, -0.1) is 20.4 Å². The van der Waals surface area contributed by atoms with Gasteiger partial charge in [0.05, 0.1) is 21.9 Å². The Morgan fingerprint density at radius 2 is 1.73 bits per heavy atom. The predicted octanol–water partition coefficient (Wildman–Crippen LogP) is 5.74. The highest BCUT2D eigenvalue weighted by Gasteiger charge is 2.19. The monoisotopic (exact) mass is 443 g/mol. The van der Waals surface area contributed by atoms with Gasteiger partial charge in [0.25, 0.3) is 0 Å². The summed E-state index contributed by atoms with van der Waals surface area (Å²) < 4.78 is 22.0. The van der Waals surface area contributed by atoms with Crippen LogP contribution in [0.5, 0.6) is 0 Å². The van der Waals surface area contributed by atoms with Gasteiger partial charge in [-0.3, -0.25) is 0 Å². The van der Waals surface area contributed by atoms with Gasteiger partial charge in [0, 0.05) is 6.54 Å². The first-order chi connectivity index (χ1) is 14.5. The van der Waals surface area contributed by atoms with E-state index >= 15 is 0 Å². The van der Waals surface area contributed by atoms with E-state index < -0.39 is 0 Å². The predicted molar refractivity (Wildman–Crippen MR) is 115 cm³/mol. The lowest BCUT2D eigenvalue weighted by Crippen LogP contribution is -2.08. The standard InChI is InChI=1S/C21H19ClFN5OS/c1-13(2)11-28-19(15-8-4-6-10-17(15)23)25-27-21(28)30-12-18-24-26-20(29-18)14-7-3-5-9-16(14)22/h3-10,13H,11-12H2,1-2H3. The van der Waals surface area contributed by atoms with Crippen molar-refractivity contribution >= 4 is 23.4 Å². The molecule has 9 heteroatoms. The van der Waals surface area contributed by atoms with Crippen molar-refractivity contribution in [1.82, 2.24) is 25.0 Å². The van der Waals surface area contributed by atoms with Crippen LogP contribution in [0.4, 0.5) is 4.39 Å². The van der Waals surface area contributed by atoms with Gasteiger partial charge < -0.3 is 8.98 Å². The highest BCUT2D eigenvalue weighted by Crippen LogP contribution is 2.30. The highest BCUT2D eigenvalue weighted by molar-refractivity contribution is 7.98. The maximum absolute atomic E-state index is 14.3. The molecule has 2 heterocycles. The average molecular weight is 444 g/mol. The fourth-order valence-electron chi connectivity index (χ4n) is 2.95. The van der Waals surface area contributed by atoms with Crippen LogP contribution < -0.4 is 0 Å². The van der Waals surface area contributed by atoms with E-state index in [0.29, 0.717) is 57.1 Å². The Morgan fingerprint density at radius 1 is 1.00 bits per heavy atom. The van der Waals surface area contributed by atoms with Gasteiger partial charge >= 0.3 is 0 Å². The van der Waals surface area contributed by atoms with Crippen LogP contribution in [-0.2, 0) is 12.3 Å². The van der Waals surface area contributed by atoms with Gasteiger partial charge in [0.2, 0.25) is 11.8 Å². The minimum absolute atomic E-state index is 0.326. The quantitative estimate of drug-likeness (QED) is 0.339. The molecule has 4 aromatic rings. The van der Waals surface area contributed by atoms with E-state index in [0.717, 1.165) is 0 Å². The lowest BCUT2D eigenvalue weighted by molar-refractivity contribution is 0.495. The molecule has 0 aliphatic rings. The Balaban J connectivity index is 1.57. The number of nitrogens with zero attached hydrogens (tertiary/aromatic N) is 5. The Morgan fingerprint density at radius 3 is 2.47 bits per heavy atom. The van der Waals surface area contributed by atoms with Gasteiger partial charge in [-0.25, -0.2) is 4.39 Å². The molecule has 4 rings (SSSR count). The van der Waals surface area contributed by atoms with Crippen molar-refractivity contribution in [2.45, 2.75) is 31.3 Å². The molecule has 30 heavy (non-hydrogen) atoms. The van der Waals surface area contributed by atoms with E-state index in [1.54, 1.807) is 24.3 Å². The molecule has 0 bridgehead atoms. The fraction of sp³-hybridized carbons (Fsp3) is 0.238. The zero-order valence-electron chi connectivity index (χ0n) is 16.4. The van der Waals surface area contributed by atoms with E-state index in [4.69, 9.17) is 16.0 Å². The van der Waals surface area contributed by atoms with Gasteiger partial charge in [-0.05, 0) is 30.2 Å². The van der Waals surface area contributed by atoms with Crippen molar-refractivity contribution < 1.29 is 8.81 Å². The molecule has 0 fully saturated rings. The maximum atomic E-state index is 14.3. The molecular weight excluding hydrogens is 425 g/mol. The van der Waals surface area contributed by atoms with Crippen LogP contribution in [0.2, 0.25) is 5.02 Å². The van der Waals surface area contributed by atoms with E-state index in [1.807, 2.05) is 22.8 Å². The summed E-state index contributed by atoms with van der Waals surface area (Å²) in [5.74, 6) is 1.74. The van der Waals surface area contributed by atoms with Crippen molar-refractivity contribution in [3.8, 4) is 22.8 Å². The van der Waals surface area contributed by atoms with Crippen LogP contribution >= 0.6 is 23.4 Å². The van der Waals surface area contributed by atoms with Crippen LogP contribution in [0.3, 0.4) is 0 Å². The highest BCUT2D eigenvalue weighted by atomic mass is 35.5. The van der Waals surface area contributed by atoms with Crippen molar-refractivity contribution in [3.05, 3.63) is 65.3 Å². The van der Waals surface area contributed by atoms with Crippen molar-refractivity contribution in [1.29, 1.82) is 0 Å². The molecule has 0 amide bonds. The molecular formula is C21H19ClFN5OS. The minimum Gasteiger partial charge on any atom is -0.420 e. The van der Waals surface area contributed by atoms with Crippen LogP contribution in [0.25, 0.3) is 22.8 Å². The third kappa shape index (κ3) is 4.39. The summed E-state index contributed by atoms with van der Waals surface area (Å²) in [6.07, 6.45) is 0. The largest absolute Gasteiger partial charge is 0.420 e. The minimum atomic E-state index is -0.326. The van der Waals surface area contributed by atoms with Crippen LogP contribution in [-0.4, -0.2) is 25.0 Å². The Kier molecular flexibility index (Phi) is 6.15. The molecule has 6 nitrogen and oxygen atoms in total. The van der Waals surface area contributed by atoms with Gasteiger partial charge in [0.1, 0.15) is 5.82 Å². The lowest BCUT2D eigenvalue weighted by Gasteiger charge is -2.12. The molecule has 0 N–H and O–H groups in total. The molecule has 2 aromatic carbocycles. The number of hydrogen-bond acceptors (Lipinski definition) is 6. The maximum Gasteiger partial charge on any atom is 0.249 e. The number of aromatic nitrogens is 5. The molecule has 0 spiro atoms. The summed E-state index contributed by atoms with van der Waals surface area (Å²) in [4.78, 5) is 0. The summed E-state index contributed by atoms with van der Waals surface area (Å²) in [7, 11) is 0. The molecule has 0 aliphatic heterocycles. The summed E-state index contributed by atoms with van der Waals surface area (Å²) in [6.45, 7) is 4.84. The smallest absolute Gasteiger partial charge is 0.249 e. The van der Waals surface area contributed by atoms with Crippen molar-refractivity contribution in [3.63, 3.8) is 0 Å². The topological polar surface area (TPSA) is 69.6 Å². The number of rotatable bonds is 7. The number of halogens is 2. The summed E-state index contributed by atoms with van der Waals surface area (Å²) in [5.41, 5.74) is 1.11. The van der Waals surface area contributed by atoms with Crippen molar-refractivity contribution in [2.24, 2.45) is 5.92 Å². The van der Waals surface area contributed by atoms with E-state index in [9.17, 15) is 4.39 Å². The lowest BCUT2D eigenvalue weighted by atomic mass is 10.2. The third-order valence-corrected chi connectivity index (χ3v) is 5.56. The van der Waals surface area contributed by atoms with Gasteiger partial charge in [0.15, 0.2) is 11.0 Å². The van der Waals surface area contributed by atoms with Gasteiger partial charge in [-0.2, -0.15) is 0 Å². The summed E-state index contributed by atoms with van der Waals surface area (Å²) in [6, 6.07) is 13.9. The van der Waals surface area contributed by atoms with Gasteiger partial charge in [-0.1, -0.05) is 61.5 Å². The molecule has 0 atom stereocenters.